The van der Waals surface area contributed by atoms with Crippen molar-refractivity contribution < 1.29 is 58.2 Å². The molecular weight excluding hydrogens is 582 g/mol. The van der Waals surface area contributed by atoms with Crippen molar-refractivity contribution in [3.8, 4) is 0 Å². The molecule has 0 aromatic rings. The predicted octanol–water partition coefficient (Wildman–Crippen LogP) is 0.948. The monoisotopic (exact) mass is 631 g/mol. The molecule has 0 saturated heterocycles. The van der Waals surface area contributed by atoms with Crippen LogP contribution in [-0.4, -0.2) is 121 Å². The highest BCUT2D eigenvalue weighted by molar-refractivity contribution is 5.87. The fourth-order valence-corrected chi connectivity index (χ4v) is 3.47. The fraction of sp³-hybridized carbons (Fsp3) is 0.690. The van der Waals surface area contributed by atoms with Gasteiger partial charge in [-0.3, -0.25) is 4.79 Å². The molecule has 5 N–H and O–H groups in total. The van der Waals surface area contributed by atoms with Gasteiger partial charge in [-0.15, -0.1) is 0 Å². The lowest BCUT2D eigenvalue weighted by atomic mass is 10.0. The van der Waals surface area contributed by atoms with Crippen LogP contribution < -0.4 is 10.6 Å². The minimum Gasteiger partial charge on any atom is -0.460 e. The number of esters is 2. The minimum atomic E-state index is -1.91. The second kappa shape index (κ2) is 22.8. The van der Waals surface area contributed by atoms with Crippen LogP contribution in [0.15, 0.2) is 24.3 Å². The van der Waals surface area contributed by atoms with Gasteiger partial charge < -0.3 is 49.8 Å². The zero-order valence-corrected chi connectivity index (χ0v) is 26.2. The van der Waals surface area contributed by atoms with E-state index in [0.29, 0.717) is 6.42 Å². The highest BCUT2D eigenvalue weighted by atomic mass is 16.6. The number of carbonyl (C=O) groups excluding carboxylic acids is 5. The van der Waals surface area contributed by atoms with E-state index in [2.05, 4.69) is 30.7 Å². The third-order valence-corrected chi connectivity index (χ3v) is 6.03. The molecule has 3 amide bonds. The Morgan fingerprint density at radius 3 is 1.82 bits per heavy atom. The Bertz CT molecular complexity index is 958. The van der Waals surface area contributed by atoms with Crippen molar-refractivity contribution >= 4 is 30.0 Å². The normalized spacial score (nSPS) is 13.3. The van der Waals surface area contributed by atoms with E-state index in [9.17, 15) is 39.3 Å². The highest BCUT2D eigenvalue weighted by Gasteiger charge is 2.37. The minimum absolute atomic E-state index is 0.119. The molecule has 0 unspecified atom stereocenters. The maximum atomic E-state index is 12.5. The topological polar surface area (TPSA) is 210 Å². The van der Waals surface area contributed by atoms with Crippen LogP contribution in [0.3, 0.4) is 0 Å². The first-order chi connectivity index (χ1) is 20.7. The summed E-state index contributed by atoms with van der Waals surface area (Å²) in [4.78, 5) is 60.9. The number of carbonyl (C=O) groups is 5. The maximum Gasteiger partial charge on any atom is 0.407 e. The second-order valence-corrected chi connectivity index (χ2v) is 10.2. The fourth-order valence-electron chi connectivity index (χ4n) is 3.47. The smallest absolute Gasteiger partial charge is 0.407 e. The first-order valence-electron chi connectivity index (χ1n) is 14.5. The summed E-state index contributed by atoms with van der Waals surface area (Å²) >= 11 is 0. The number of amides is 3. The summed E-state index contributed by atoms with van der Waals surface area (Å²) in [6.07, 6.45) is -4.43. The van der Waals surface area contributed by atoms with Gasteiger partial charge in [0.1, 0.15) is 38.1 Å². The zero-order valence-electron chi connectivity index (χ0n) is 26.2. The average molecular weight is 632 g/mol. The van der Waals surface area contributed by atoms with E-state index < -0.39 is 55.1 Å². The van der Waals surface area contributed by atoms with Crippen LogP contribution in [0.4, 0.5) is 9.59 Å². The summed E-state index contributed by atoms with van der Waals surface area (Å²) in [5.41, 5.74) is 0.335. The standard InChI is InChI=1S/C29H49N3O12/c1-7-8-9-10-11-12-23(35)32(6)17-21(33)24(36)25(44-29(40)31-14-16-42-27(38)20(4)5)22(34)18-43-28(39)30-13-15-41-26(37)19(2)3/h21-22,24-25,33-34,36H,2,4,7-18H2,1,3,5-6H3,(H,30,39)(H,31,40)/t21-,22+,24+,25+/m0/s1. The lowest BCUT2D eigenvalue weighted by Gasteiger charge is -2.31. The van der Waals surface area contributed by atoms with Crippen molar-refractivity contribution in [2.75, 3.05) is 46.5 Å². The molecule has 0 aliphatic rings. The predicted molar refractivity (Wildman–Crippen MR) is 158 cm³/mol. The molecule has 0 rings (SSSR count). The number of hydrogen-bond donors (Lipinski definition) is 5. The Kier molecular flexibility index (Phi) is 20.9. The van der Waals surface area contributed by atoms with Crippen molar-refractivity contribution in [2.45, 2.75) is 83.7 Å². The van der Waals surface area contributed by atoms with Gasteiger partial charge in [-0.2, -0.15) is 0 Å². The van der Waals surface area contributed by atoms with Gasteiger partial charge in [-0.1, -0.05) is 45.8 Å². The van der Waals surface area contributed by atoms with Gasteiger partial charge in [-0.05, 0) is 20.3 Å². The molecule has 0 radical (unpaired) electrons. The largest absolute Gasteiger partial charge is 0.460 e. The molecule has 15 nitrogen and oxygen atoms in total. The first-order valence-corrected chi connectivity index (χ1v) is 14.5. The number of aliphatic hydroxyl groups excluding tert-OH is 3. The molecule has 15 heteroatoms. The second-order valence-electron chi connectivity index (χ2n) is 10.2. The number of aliphatic hydroxyl groups is 3. The van der Waals surface area contributed by atoms with E-state index in [1.165, 1.54) is 25.8 Å². The van der Waals surface area contributed by atoms with E-state index in [1.807, 2.05) is 0 Å². The summed E-state index contributed by atoms with van der Waals surface area (Å²) in [5.74, 6) is -1.58. The van der Waals surface area contributed by atoms with E-state index in [4.69, 9.17) is 18.9 Å². The summed E-state index contributed by atoms with van der Waals surface area (Å²) in [6, 6.07) is 0. The van der Waals surface area contributed by atoms with Crippen LogP contribution in [0.2, 0.25) is 0 Å². The SMILES string of the molecule is C=C(C)C(=O)OCCNC(=O)OC[C@@H](O)[C@@H](OC(=O)NCCOC(=O)C(=C)C)[C@H](O)[C@@H](O)CN(C)C(=O)CCCCCCC. The van der Waals surface area contributed by atoms with E-state index in [1.54, 1.807) is 0 Å². The number of likely N-dealkylation sites (N-methyl/N-ethyl adjacent to an activating group) is 1. The van der Waals surface area contributed by atoms with Crippen molar-refractivity contribution in [3.05, 3.63) is 24.3 Å². The average Bonchev–Trinajstić information content (AvgIpc) is 2.97. The molecule has 0 heterocycles. The summed E-state index contributed by atoms with van der Waals surface area (Å²) < 4.78 is 19.7. The lowest BCUT2D eigenvalue weighted by molar-refractivity contribution is -0.139. The number of nitrogens with zero attached hydrogens (tertiary/aromatic N) is 1. The molecule has 0 aromatic carbocycles. The van der Waals surface area contributed by atoms with E-state index >= 15 is 0 Å². The van der Waals surface area contributed by atoms with Crippen molar-refractivity contribution in [1.82, 2.24) is 15.5 Å². The maximum absolute atomic E-state index is 12.5. The van der Waals surface area contributed by atoms with Crippen LogP contribution in [0.5, 0.6) is 0 Å². The number of alkyl carbamates (subject to hydrolysis) is 2. The summed E-state index contributed by atoms with van der Waals surface area (Å²) in [5, 5.41) is 36.6. The number of rotatable bonds is 22. The van der Waals surface area contributed by atoms with Gasteiger partial charge in [0.15, 0.2) is 6.10 Å². The van der Waals surface area contributed by atoms with Gasteiger partial charge in [0.2, 0.25) is 5.91 Å². The van der Waals surface area contributed by atoms with Crippen molar-refractivity contribution in [3.63, 3.8) is 0 Å². The van der Waals surface area contributed by atoms with Gasteiger partial charge in [0.25, 0.3) is 0 Å². The highest BCUT2D eigenvalue weighted by Crippen LogP contribution is 2.13. The van der Waals surface area contributed by atoms with Gasteiger partial charge in [0.05, 0.1) is 13.1 Å². The molecule has 4 atom stereocenters. The quantitative estimate of drug-likeness (QED) is 0.0489. The number of ether oxygens (including phenoxy) is 4. The van der Waals surface area contributed by atoms with Gasteiger partial charge >= 0.3 is 24.1 Å². The Hall–Kier alpha value is -3.69. The van der Waals surface area contributed by atoms with E-state index in [0.717, 1.165) is 25.7 Å². The van der Waals surface area contributed by atoms with Crippen molar-refractivity contribution in [1.29, 1.82) is 0 Å². The molecule has 0 aliphatic carbocycles. The lowest BCUT2D eigenvalue weighted by Crippen LogP contribution is -2.53. The number of unbranched alkanes of at least 4 members (excludes halogenated alkanes) is 4. The number of nitrogens with one attached hydrogen (secondary N) is 2. The van der Waals surface area contributed by atoms with Crippen LogP contribution in [0, 0.1) is 0 Å². The molecule has 0 saturated carbocycles. The molecular formula is C29H49N3O12. The first kappa shape index (κ1) is 40.3. The Morgan fingerprint density at radius 2 is 1.30 bits per heavy atom. The Morgan fingerprint density at radius 1 is 0.773 bits per heavy atom. The molecule has 0 aliphatic heterocycles. The molecule has 252 valence electrons. The molecule has 0 fully saturated rings. The van der Waals surface area contributed by atoms with Crippen LogP contribution >= 0.6 is 0 Å². The molecule has 0 spiro atoms. The van der Waals surface area contributed by atoms with Crippen LogP contribution in [0.25, 0.3) is 0 Å². The van der Waals surface area contributed by atoms with Crippen molar-refractivity contribution in [2.24, 2.45) is 0 Å². The zero-order chi connectivity index (χ0) is 33.7. The Balaban J connectivity index is 5.17. The number of hydrogen-bond acceptors (Lipinski definition) is 12. The Labute approximate surface area is 258 Å². The third kappa shape index (κ3) is 18.1. The third-order valence-electron chi connectivity index (χ3n) is 6.03. The summed E-state index contributed by atoms with van der Waals surface area (Å²) in [6.45, 7) is 10.0. The molecule has 0 bridgehead atoms. The van der Waals surface area contributed by atoms with E-state index in [-0.39, 0.29) is 56.3 Å². The summed E-state index contributed by atoms with van der Waals surface area (Å²) in [7, 11) is 1.44. The molecule has 0 aromatic heterocycles. The van der Waals surface area contributed by atoms with Gasteiger partial charge in [0, 0.05) is 31.2 Å². The van der Waals surface area contributed by atoms with Gasteiger partial charge in [-0.25, -0.2) is 19.2 Å². The van der Waals surface area contributed by atoms with Crippen LogP contribution in [0.1, 0.15) is 59.3 Å². The van der Waals surface area contributed by atoms with Crippen LogP contribution in [-0.2, 0) is 33.3 Å². The molecule has 44 heavy (non-hydrogen) atoms.